The summed E-state index contributed by atoms with van der Waals surface area (Å²) in [5.74, 6) is 0.897. The molecule has 0 spiro atoms. The summed E-state index contributed by atoms with van der Waals surface area (Å²) in [4.78, 5) is 6.46. The van der Waals surface area contributed by atoms with Crippen LogP contribution in [0.25, 0.3) is 0 Å². The summed E-state index contributed by atoms with van der Waals surface area (Å²) < 4.78 is 0.917. The van der Waals surface area contributed by atoms with Gasteiger partial charge in [0, 0.05) is 13.6 Å². The molecule has 0 radical (unpaired) electrons. The Bertz CT molecular complexity index is 552. The molecule has 1 heterocycles. The first-order chi connectivity index (χ1) is 9.10. The average Bonchev–Trinajstić information content (AvgIpc) is 2.39. The van der Waals surface area contributed by atoms with Gasteiger partial charge in [-0.25, -0.2) is 4.98 Å². The molecule has 0 fully saturated rings. The maximum absolute atomic E-state index is 5.70. The minimum Gasteiger partial charge on any atom is -0.397 e. The lowest BCUT2D eigenvalue weighted by molar-refractivity contribution is 0.893. The molecule has 19 heavy (non-hydrogen) atoms. The van der Waals surface area contributed by atoms with Gasteiger partial charge in [-0.1, -0.05) is 31.2 Å². The van der Waals surface area contributed by atoms with E-state index in [2.05, 4.69) is 57.0 Å². The molecule has 0 saturated heterocycles. The minimum absolute atomic E-state index is 0.663. The zero-order chi connectivity index (χ0) is 13.8. The lowest BCUT2D eigenvalue weighted by Gasteiger charge is -2.20. The molecule has 3 nitrogen and oxygen atoms in total. The number of hydrogen-bond acceptors (Lipinski definition) is 3. The minimum atomic E-state index is 0.663. The first-order valence-corrected chi connectivity index (χ1v) is 7.09. The number of aromatic nitrogens is 1. The molecule has 100 valence electrons. The lowest BCUT2D eigenvalue weighted by atomic mass is 10.1. The van der Waals surface area contributed by atoms with Crippen LogP contribution in [-0.2, 0) is 13.0 Å². The molecule has 0 unspecified atom stereocenters. The molecule has 0 atom stereocenters. The Morgan fingerprint density at radius 2 is 1.84 bits per heavy atom. The van der Waals surface area contributed by atoms with Crippen LogP contribution >= 0.6 is 15.9 Å². The predicted molar refractivity (Wildman–Crippen MR) is 84.3 cm³/mol. The van der Waals surface area contributed by atoms with Crippen molar-refractivity contribution in [3.63, 3.8) is 0 Å². The van der Waals surface area contributed by atoms with Gasteiger partial charge in [0.25, 0.3) is 0 Å². The molecule has 1 aromatic heterocycles. The highest BCUT2D eigenvalue weighted by Crippen LogP contribution is 2.25. The third-order valence-corrected chi connectivity index (χ3v) is 3.64. The van der Waals surface area contributed by atoms with Gasteiger partial charge in [0.2, 0.25) is 0 Å². The predicted octanol–water partition coefficient (Wildman–Crippen LogP) is 3.63. The maximum Gasteiger partial charge on any atom is 0.143 e. The Kier molecular flexibility index (Phi) is 4.43. The fraction of sp³-hybridized carbons (Fsp3) is 0.267. The van der Waals surface area contributed by atoms with Gasteiger partial charge in [-0.05, 0) is 39.5 Å². The largest absolute Gasteiger partial charge is 0.397 e. The van der Waals surface area contributed by atoms with Crippen LogP contribution in [-0.4, -0.2) is 12.0 Å². The van der Waals surface area contributed by atoms with E-state index in [9.17, 15) is 0 Å². The molecule has 1 aromatic carbocycles. The Hall–Kier alpha value is -1.55. The number of rotatable bonds is 4. The zero-order valence-corrected chi connectivity index (χ0v) is 12.8. The van der Waals surface area contributed by atoms with Crippen LogP contribution in [0.1, 0.15) is 18.1 Å². The van der Waals surface area contributed by atoms with E-state index in [1.165, 1.54) is 11.1 Å². The van der Waals surface area contributed by atoms with Crippen molar-refractivity contribution in [2.24, 2.45) is 0 Å². The molecule has 0 saturated carbocycles. The fourth-order valence-corrected chi connectivity index (χ4v) is 2.62. The van der Waals surface area contributed by atoms with Crippen LogP contribution < -0.4 is 10.6 Å². The summed E-state index contributed by atoms with van der Waals surface area (Å²) in [6.07, 6.45) is 2.75. The van der Waals surface area contributed by atoms with Crippen LogP contribution in [0.15, 0.2) is 41.0 Å². The SMILES string of the molecule is CCc1ccc(CN(C)c2ncc(N)cc2Br)cc1. The number of pyridine rings is 1. The summed E-state index contributed by atoms with van der Waals surface area (Å²) >= 11 is 3.50. The van der Waals surface area contributed by atoms with Crippen LogP contribution in [0.3, 0.4) is 0 Å². The first-order valence-electron chi connectivity index (χ1n) is 6.30. The highest BCUT2D eigenvalue weighted by atomic mass is 79.9. The summed E-state index contributed by atoms with van der Waals surface area (Å²) in [5.41, 5.74) is 8.99. The van der Waals surface area contributed by atoms with Crippen LogP contribution in [0.4, 0.5) is 11.5 Å². The molecule has 0 amide bonds. The number of halogens is 1. The molecular formula is C15H18BrN3. The van der Waals surface area contributed by atoms with Crippen molar-refractivity contribution >= 4 is 27.4 Å². The number of nitrogens with zero attached hydrogens (tertiary/aromatic N) is 2. The average molecular weight is 320 g/mol. The molecule has 0 aliphatic heterocycles. The van der Waals surface area contributed by atoms with Crippen molar-refractivity contribution in [2.75, 3.05) is 17.7 Å². The highest BCUT2D eigenvalue weighted by molar-refractivity contribution is 9.10. The smallest absolute Gasteiger partial charge is 0.143 e. The topological polar surface area (TPSA) is 42.2 Å². The second-order valence-electron chi connectivity index (χ2n) is 4.60. The Labute approximate surface area is 122 Å². The van der Waals surface area contributed by atoms with Gasteiger partial charge in [0.05, 0.1) is 16.4 Å². The van der Waals surface area contributed by atoms with Crippen molar-refractivity contribution in [2.45, 2.75) is 19.9 Å². The monoisotopic (exact) mass is 319 g/mol. The first kappa shape index (κ1) is 13.9. The maximum atomic E-state index is 5.70. The molecule has 0 aliphatic rings. The van der Waals surface area contributed by atoms with Crippen molar-refractivity contribution in [1.29, 1.82) is 0 Å². The van der Waals surface area contributed by atoms with Gasteiger partial charge in [0.1, 0.15) is 5.82 Å². The Morgan fingerprint density at radius 1 is 1.21 bits per heavy atom. The van der Waals surface area contributed by atoms with E-state index in [0.29, 0.717) is 5.69 Å². The summed E-state index contributed by atoms with van der Waals surface area (Å²) in [6, 6.07) is 10.6. The van der Waals surface area contributed by atoms with Crippen LogP contribution in [0, 0.1) is 0 Å². The molecule has 2 rings (SSSR count). The molecule has 0 aliphatic carbocycles. The van der Waals surface area contributed by atoms with Gasteiger partial charge < -0.3 is 10.6 Å². The molecule has 4 heteroatoms. The normalized spacial score (nSPS) is 10.5. The van der Waals surface area contributed by atoms with Crippen LogP contribution in [0.2, 0.25) is 0 Å². The molecule has 2 N–H and O–H groups in total. The van der Waals surface area contributed by atoms with E-state index in [1.807, 2.05) is 13.1 Å². The van der Waals surface area contributed by atoms with E-state index < -0.39 is 0 Å². The van der Waals surface area contributed by atoms with Gasteiger partial charge in [-0.15, -0.1) is 0 Å². The third-order valence-electron chi connectivity index (χ3n) is 3.06. The molecular weight excluding hydrogens is 302 g/mol. The Morgan fingerprint density at radius 3 is 2.42 bits per heavy atom. The lowest BCUT2D eigenvalue weighted by Crippen LogP contribution is -2.18. The van der Waals surface area contributed by atoms with Gasteiger partial charge in [-0.3, -0.25) is 0 Å². The van der Waals surface area contributed by atoms with Crippen molar-refractivity contribution in [1.82, 2.24) is 4.98 Å². The van der Waals surface area contributed by atoms with Gasteiger partial charge in [0.15, 0.2) is 0 Å². The fourth-order valence-electron chi connectivity index (χ4n) is 1.96. The van der Waals surface area contributed by atoms with E-state index in [-0.39, 0.29) is 0 Å². The van der Waals surface area contributed by atoms with E-state index in [0.717, 1.165) is 23.3 Å². The zero-order valence-electron chi connectivity index (χ0n) is 11.2. The Balaban J connectivity index is 2.13. The van der Waals surface area contributed by atoms with Crippen molar-refractivity contribution in [3.8, 4) is 0 Å². The van der Waals surface area contributed by atoms with Crippen LogP contribution in [0.5, 0.6) is 0 Å². The quantitative estimate of drug-likeness (QED) is 0.935. The standard InChI is InChI=1S/C15H18BrN3/c1-3-11-4-6-12(7-5-11)10-19(2)15-14(16)8-13(17)9-18-15/h4-9H,3,10,17H2,1-2H3. The van der Waals surface area contributed by atoms with Crippen molar-refractivity contribution < 1.29 is 0 Å². The number of hydrogen-bond donors (Lipinski definition) is 1. The van der Waals surface area contributed by atoms with Crippen molar-refractivity contribution in [3.05, 3.63) is 52.1 Å². The molecule has 2 aromatic rings. The summed E-state index contributed by atoms with van der Waals surface area (Å²) in [5, 5.41) is 0. The van der Waals surface area contributed by atoms with Gasteiger partial charge >= 0.3 is 0 Å². The van der Waals surface area contributed by atoms with Gasteiger partial charge in [-0.2, -0.15) is 0 Å². The number of nitrogens with two attached hydrogens (primary N) is 1. The third kappa shape index (κ3) is 3.47. The number of aryl methyl sites for hydroxylation is 1. The highest BCUT2D eigenvalue weighted by Gasteiger charge is 2.08. The summed E-state index contributed by atoms with van der Waals surface area (Å²) in [6.45, 7) is 2.98. The van der Waals surface area contributed by atoms with E-state index >= 15 is 0 Å². The second kappa shape index (κ2) is 6.06. The summed E-state index contributed by atoms with van der Waals surface area (Å²) in [7, 11) is 2.02. The number of anilines is 2. The molecule has 0 bridgehead atoms. The van der Waals surface area contributed by atoms with E-state index in [4.69, 9.17) is 5.73 Å². The number of benzene rings is 1. The second-order valence-corrected chi connectivity index (χ2v) is 5.45. The van der Waals surface area contributed by atoms with E-state index in [1.54, 1.807) is 6.20 Å². The number of nitrogen functional groups attached to an aromatic ring is 1.